The predicted octanol–water partition coefficient (Wildman–Crippen LogP) is 5.31. The molecule has 1 atom stereocenters. The van der Waals surface area contributed by atoms with E-state index in [2.05, 4.69) is 15.5 Å². The molecule has 1 aliphatic rings. The van der Waals surface area contributed by atoms with Gasteiger partial charge in [-0.25, -0.2) is 0 Å². The molecule has 1 aliphatic carbocycles. The van der Waals surface area contributed by atoms with Crippen LogP contribution in [0.1, 0.15) is 53.9 Å². The van der Waals surface area contributed by atoms with E-state index in [-0.39, 0.29) is 11.8 Å². The second-order valence-corrected chi connectivity index (χ2v) is 6.55. The molecule has 1 N–H and O–H groups in total. The first-order chi connectivity index (χ1) is 12.7. The van der Waals surface area contributed by atoms with E-state index in [1.165, 1.54) is 0 Å². The Labute approximate surface area is 150 Å². The van der Waals surface area contributed by atoms with Crippen molar-refractivity contribution in [3.05, 3.63) is 58.5 Å². The summed E-state index contributed by atoms with van der Waals surface area (Å²) in [4.78, 5) is 27.5. The van der Waals surface area contributed by atoms with Crippen LogP contribution in [0.25, 0.3) is 11.0 Å². The fourth-order valence-corrected chi connectivity index (χ4v) is 3.54. The molecular weight excluding hydrogens is 330 g/mol. The van der Waals surface area contributed by atoms with Gasteiger partial charge in [0.15, 0.2) is 17.1 Å². The Morgan fingerprint density at radius 3 is 3.08 bits per heavy atom. The van der Waals surface area contributed by atoms with Crippen LogP contribution in [0, 0.1) is 4.91 Å². The summed E-state index contributed by atoms with van der Waals surface area (Å²) in [5, 5.41) is 7.37. The lowest BCUT2D eigenvalue weighted by atomic mass is 10.1. The summed E-state index contributed by atoms with van der Waals surface area (Å²) >= 11 is 0. The molecule has 1 aromatic carbocycles. The average molecular weight is 349 g/mol. The number of aryl methyl sites for hydroxylation is 1. The van der Waals surface area contributed by atoms with E-state index in [1.807, 2.05) is 31.2 Å². The Hall–Kier alpha value is -3.02. The SMILES string of the molecule is CCCC(=O)c1oc2cnccc2c1Nc1ccc2c(c1)CCC2N=O. The lowest BCUT2D eigenvalue weighted by molar-refractivity contribution is 0.0958. The van der Waals surface area contributed by atoms with Gasteiger partial charge in [0.2, 0.25) is 0 Å². The fourth-order valence-electron chi connectivity index (χ4n) is 3.54. The topological polar surface area (TPSA) is 84.6 Å². The molecule has 6 nitrogen and oxygen atoms in total. The van der Waals surface area contributed by atoms with Crippen molar-refractivity contribution in [2.75, 3.05) is 5.32 Å². The van der Waals surface area contributed by atoms with Gasteiger partial charge < -0.3 is 9.73 Å². The van der Waals surface area contributed by atoms with Crippen molar-refractivity contribution in [2.24, 2.45) is 5.18 Å². The van der Waals surface area contributed by atoms with Gasteiger partial charge in [0.25, 0.3) is 0 Å². The van der Waals surface area contributed by atoms with Crippen LogP contribution in [0.4, 0.5) is 11.4 Å². The largest absolute Gasteiger partial charge is 0.449 e. The first kappa shape index (κ1) is 16.4. The molecule has 0 amide bonds. The summed E-state index contributed by atoms with van der Waals surface area (Å²) in [6, 6.07) is 7.46. The van der Waals surface area contributed by atoms with E-state index in [9.17, 15) is 9.70 Å². The summed E-state index contributed by atoms with van der Waals surface area (Å²) in [7, 11) is 0. The van der Waals surface area contributed by atoms with E-state index in [4.69, 9.17) is 4.42 Å². The number of furan rings is 1. The molecule has 0 fully saturated rings. The van der Waals surface area contributed by atoms with Gasteiger partial charge in [0.05, 0.1) is 11.9 Å². The molecule has 4 rings (SSSR count). The summed E-state index contributed by atoms with van der Waals surface area (Å²) in [5.74, 6) is 0.306. The molecule has 1 unspecified atom stereocenters. The van der Waals surface area contributed by atoms with Gasteiger partial charge in [-0.1, -0.05) is 18.2 Å². The molecule has 2 heterocycles. The summed E-state index contributed by atoms with van der Waals surface area (Å²) in [6.45, 7) is 1.97. The minimum absolute atomic E-state index is 0.0300. The van der Waals surface area contributed by atoms with Crippen LogP contribution in [0.2, 0.25) is 0 Å². The molecule has 0 spiro atoms. The molecule has 2 aromatic heterocycles. The third kappa shape index (κ3) is 2.77. The lowest BCUT2D eigenvalue weighted by Gasteiger charge is -2.09. The Balaban J connectivity index is 1.74. The van der Waals surface area contributed by atoms with Gasteiger partial charge in [-0.05, 0) is 48.6 Å². The van der Waals surface area contributed by atoms with Crippen molar-refractivity contribution in [3.8, 4) is 0 Å². The van der Waals surface area contributed by atoms with Crippen LogP contribution in [-0.2, 0) is 6.42 Å². The zero-order valence-electron chi connectivity index (χ0n) is 14.5. The first-order valence-electron chi connectivity index (χ1n) is 8.83. The molecule has 132 valence electrons. The first-order valence-corrected chi connectivity index (χ1v) is 8.83. The monoisotopic (exact) mass is 349 g/mol. The highest BCUT2D eigenvalue weighted by atomic mass is 16.3. The van der Waals surface area contributed by atoms with Crippen LogP contribution < -0.4 is 5.32 Å². The molecule has 6 heteroatoms. The van der Waals surface area contributed by atoms with E-state index in [0.717, 1.165) is 41.5 Å². The maximum atomic E-state index is 12.5. The molecule has 0 saturated heterocycles. The minimum atomic E-state index is -0.249. The van der Waals surface area contributed by atoms with Crippen molar-refractivity contribution in [1.82, 2.24) is 4.98 Å². The Kier molecular flexibility index (Phi) is 4.24. The number of Topliss-reactive ketones (excluding diaryl/α,β-unsaturated/α-hetero) is 1. The van der Waals surface area contributed by atoms with Gasteiger partial charge in [-0.3, -0.25) is 9.78 Å². The molecular formula is C20H19N3O3. The Bertz CT molecular complexity index is 993. The minimum Gasteiger partial charge on any atom is -0.449 e. The highest BCUT2D eigenvalue weighted by Gasteiger charge is 2.24. The number of nitrogens with zero attached hydrogens (tertiary/aromatic N) is 2. The molecule has 0 aliphatic heterocycles. The number of aromatic nitrogens is 1. The molecule has 3 aromatic rings. The molecule has 0 bridgehead atoms. The third-order valence-corrected chi connectivity index (χ3v) is 4.81. The van der Waals surface area contributed by atoms with E-state index < -0.39 is 0 Å². The van der Waals surface area contributed by atoms with Gasteiger partial charge >= 0.3 is 0 Å². The summed E-state index contributed by atoms with van der Waals surface area (Å²) < 4.78 is 5.78. The van der Waals surface area contributed by atoms with Crippen LogP contribution in [0.15, 0.2) is 46.3 Å². The number of nitroso groups, excluding NO2 is 1. The van der Waals surface area contributed by atoms with Crippen molar-refractivity contribution < 1.29 is 9.21 Å². The number of anilines is 2. The molecule has 0 radical (unpaired) electrons. The van der Waals surface area contributed by atoms with Crippen molar-refractivity contribution >= 4 is 28.1 Å². The van der Waals surface area contributed by atoms with Gasteiger partial charge in [-0.15, -0.1) is 0 Å². The number of hydrogen-bond donors (Lipinski definition) is 1. The van der Waals surface area contributed by atoms with E-state index >= 15 is 0 Å². The van der Waals surface area contributed by atoms with Crippen molar-refractivity contribution in [1.29, 1.82) is 0 Å². The number of benzene rings is 1. The number of hydrogen-bond acceptors (Lipinski definition) is 6. The predicted molar refractivity (Wildman–Crippen MR) is 99.8 cm³/mol. The maximum absolute atomic E-state index is 12.5. The Morgan fingerprint density at radius 2 is 2.27 bits per heavy atom. The van der Waals surface area contributed by atoms with Crippen molar-refractivity contribution in [3.63, 3.8) is 0 Å². The van der Waals surface area contributed by atoms with Gasteiger partial charge in [0.1, 0.15) is 6.04 Å². The zero-order chi connectivity index (χ0) is 18.1. The van der Waals surface area contributed by atoms with E-state index in [0.29, 0.717) is 23.5 Å². The number of ketones is 1. The molecule has 26 heavy (non-hydrogen) atoms. The standard InChI is InChI=1S/C20H19N3O3/c1-2-3-17(24)20-19(15-8-9-21-11-18(15)26-20)22-13-5-6-14-12(10-13)4-7-16(14)23-25/h5-6,8-11,16,22H,2-4,7H2,1H3. The van der Waals surface area contributed by atoms with Crippen molar-refractivity contribution in [2.45, 2.75) is 38.6 Å². The number of nitrogens with one attached hydrogen (secondary N) is 1. The fraction of sp³-hybridized carbons (Fsp3) is 0.300. The highest BCUT2D eigenvalue weighted by molar-refractivity contribution is 6.07. The van der Waals surface area contributed by atoms with E-state index in [1.54, 1.807) is 12.4 Å². The number of carbonyl (C=O) groups excluding carboxylic acids is 1. The quantitative estimate of drug-likeness (QED) is 0.481. The van der Waals surface area contributed by atoms with Crippen LogP contribution >= 0.6 is 0 Å². The van der Waals surface area contributed by atoms with Crippen LogP contribution in [0.5, 0.6) is 0 Å². The smallest absolute Gasteiger partial charge is 0.200 e. The second kappa shape index (κ2) is 6.71. The van der Waals surface area contributed by atoms with Gasteiger partial charge in [0, 0.05) is 23.7 Å². The zero-order valence-corrected chi connectivity index (χ0v) is 14.5. The van der Waals surface area contributed by atoms with Crippen LogP contribution in [-0.4, -0.2) is 10.8 Å². The normalized spacial score (nSPS) is 15.8. The summed E-state index contributed by atoms with van der Waals surface area (Å²) in [6.07, 6.45) is 6.07. The number of rotatable bonds is 6. The Morgan fingerprint density at radius 1 is 1.38 bits per heavy atom. The number of fused-ring (bicyclic) bond motifs is 2. The van der Waals surface area contributed by atoms with Gasteiger partial charge in [-0.2, -0.15) is 4.91 Å². The summed E-state index contributed by atoms with van der Waals surface area (Å²) in [5.41, 5.74) is 4.23. The third-order valence-electron chi connectivity index (χ3n) is 4.81. The highest BCUT2D eigenvalue weighted by Crippen LogP contribution is 2.38. The number of pyridine rings is 1. The van der Waals surface area contributed by atoms with Crippen LogP contribution in [0.3, 0.4) is 0 Å². The second-order valence-electron chi connectivity index (χ2n) is 6.55. The lowest BCUT2D eigenvalue weighted by Crippen LogP contribution is -2.01. The maximum Gasteiger partial charge on any atom is 0.200 e. The number of carbonyl (C=O) groups is 1. The average Bonchev–Trinajstić information content (AvgIpc) is 3.23. The molecule has 0 saturated carbocycles.